The average Bonchev–Trinajstić information content (AvgIpc) is 3.34. The highest BCUT2D eigenvalue weighted by molar-refractivity contribution is 7.14. The molecule has 35 heavy (non-hydrogen) atoms. The molecule has 2 saturated heterocycles. The molecular weight excluding hydrogens is 450 g/mol. The smallest absolute Gasteiger partial charge is 0.185 e. The van der Waals surface area contributed by atoms with E-state index in [9.17, 15) is 0 Å². The van der Waals surface area contributed by atoms with Gasteiger partial charge in [0, 0.05) is 30.6 Å². The number of likely N-dealkylation sites (tertiary alicyclic amines) is 1. The third kappa shape index (κ3) is 5.47. The van der Waals surface area contributed by atoms with Crippen LogP contribution in [0.1, 0.15) is 83.8 Å². The van der Waals surface area contributed by atoms with Gasteiger partial charge in [0.15, 0.2) is 5.13 Å². The van der Waals surface area contributed by atoms with Crippen LogP contribution in [0.5, 0.6) is 0 Å². The average molecular weight is 496 g/mol. The van der Waals surface area contributed by atoms with Crippen molar-refractivity contribution in [3.05, 3.63) is 34.7 Å². The van der Waals surface area contributed by atoms with Crippen LogP contribution >= 0.6 is 11.3 Å². The standard InChI is InChI=1S/C30H45N3OS/c1-29(2)11-12-30(3,4)26-20-24(5-6-25(26)29)27-21-35-28(31-27)33-15-9-23(10-16-33)19-22-7-13-32(14-8-22)17-18-34/h5-6,20-23,34H,7-19H2,1-4H3. The highest BCUT2D eigenvalue weighted by Gasteiger charge is 2.37. The summed E-state index contributed by atoms with van der Waals surface area (Å²) in [6.07, 6.45) is 9.12. The van der Waals surface area contributed by atoms with Gasteiger partial charge in [0.2, 0.25) is 0 Å². The lowest BCUT2D eigenvalue weighted by atomic mass is 9.63. The maximum absolute atomic E-state index is 9.17. The summed E-state index contributed by atoms with van der Waals surface area (Å²) < 4.78 is 0. The van der Waals surface area contributed by atoms with Gasteiger partial charge in [-0.1, -0.05) is 39.8 Å². The molecule has 2 aliphatic heterocycles. The molecule has 192 valence electrons. The maximum atomic E-state index is 9.17. The first kappa shape index (κ1) is 25.2. The van der Waals surface area contributed by atoms with Crippen LogP contribution in [0.2, 0.25) is 0 Å². The number of nitrogens with zero attached hydrogens (tertiary/aromatic N) is 3. The topological polar surface area (TPSA) is 39.6 Å². The summed E-state index contributed by atoms with van der Waals surface area (Å²) in [5.74, 6) is 1.75. The largest absolute Gasteiger partial charge is 0.395 e. The van der Waals surface area contributed by atoms with Crippen molar-refractivity contribution in [2.24, 2.45) is 11.8 Å². The molecule has 1 aromatic carbocycles. The number of fused-ring (bicyclic) bond motifs is 1. The maximum Gasteiger partial charge on any atom is 0.185 e. The molecule has 0 radical (unpaired) electrons. The highest BCUT2D eigenvalue weighted by Crippen LogP contribution is 2.47. The number of rotatable bonds is 6. The normalized spacial score (nSPS) is 23.4. The van der Waals surface area contributed by atoms with E-state index in [0.717, 1.165) is 37.2 Å². The lowest BCUT2D eigenvalue weighted by Crippen LogP contribution is -2.38. The van der Waals surface area contributed by atoms with Gasteiger partial charge in [-0.2, -0.15) is 0 Å². The molecule has 3 aliphatic rings. The Bertz CT molecular complexity index is 997. The molecule has 0 spiro atoms. The van der Waals surface area contributed by atoms with E-state index in [-0.39, 0.29) is 10.8 Å². The predicted molar refractivity (Wildman–Crippen MR) is 149 cm³/mol. The molecule has 0 amide bonds. The number of piperidine rings is 2. The van der Waals surface area contributed by atoms with Crippen LogP contribution in [0.15, 0.2) is 23.6 Å². The fraction of sp³-hybridized carbons (Fsp3) is 0.700. The van der Waals surface area contributed by atoms with Crippen LogP contribution in [0, 0.1) is 11.8 Å². The van der Waals surface area contributed by atoms with Gasteiger partial charge in [0.25, 0.3) is 0 Å². The van der Waals surface area contributed by atoms with Gasteiger partial charge in [-0.25, -0.2) is 4.98 Å². The molecular formula is C30H45N3OS. The second kappa shape index (κ2) is 10.1. The van der Waals surface area contributed by atoms with Gasteiger partial charge < -0.3 is 14.9 Å². The fourth-order valence-electron chi connectivity index (χ4n) is 6.71. The van der Waals surface area contributed by atoms with E-state index in [4.69, 9.17) is 10.1 Å². The molecule has 1 aliphatic carbocycles. The molecule has 1 N–H and O–H groups in total. The van der Waals surface area contributed by atoms with E-state index in [1.807, 2.05) is 11.3 Å². The van der Waals surface area contributed by atoms with Crippen LogP contribution in [-0.2, 0) is 10.8 Å². The van der Waals surface area contributed by atoms with Crippen molar-refractivity contribution >= 4 is 16.5 Å². The van der Waals surface area contributed by atoms with Gasteiger partial charge >= 0.3 is 0 Å². The first-order valence-electron chi connectivity index (χ1n) is 13.9. The Morgan fingerprint density at radius 2 is 1.54 bits per heavy atom. The monoisotopic (exact) mass is 495 g/mol. The van der Waals surface area contributed by atoms with E-state index in [2.05, 4.69) is 61.1 Å². The number of thiazole rings is 1. The summed E-state index contributed by atoms with van der Waals surface area (Å²) in [5, 5.41) is 12.6. The Morgan fingerprint density at radius 1 is 0.914 bits per heavy atom. The van der Waals surface area contributed by atoms with Crippen molar-refractivity contribution in [3.8, 4) is 11.3 Å². The summed E-state index contributed by atoms with van der Waals surface area (Å²) in [6, 6.07) is 7.12. The van der Waals surface area contributed by atoms with E-state index in [1.165, 1.54) is 79.9 Å². The van der Waals surface area contributed by atoms with Crippen LogP contribution in [0.4, 0.5) is 5.13 Å². The van der Waals surface area contributed by atoms with E-state index >= 15 is 0 Å². The summed E-state index contributed by atoms with van der Waals surface area (Å²) in [7, 11) is 0. The van der Waals surface area contributed by atoms with Gasteiger partial charge in [0.05, 0.1) is 12.3 Å². The molecule has 0 atom stereocenters. The van der Waals surface area contributed by atoms with Crippen LogP contribution in [0.3, 0.4) is 0 Å². The Kier molecular flexibility index (Phi) is 7.31. The highest BCUT2D eigenvalue weighted by atomic mass is 32.1. The zero-order valence-electron chi connectivity index (χ0n) is 22.4. The Hall–Kier alpha value is -1.43. The van der Waals surface area contributed by atoms with Crippen molar-refractivity contribution in [1.82, 2.24) is 9.88 Å². The minimum atomic E-state index is 0.233. The first-order valence-corrected chi connectivity index (χ1v) is 14.8. The number of hydrogen-bond donors (Lipinski definition) is 1. The van der Waals surface area contributed by atoms with Crippen molar-refractivity contribution < 1.29 is 5.11 Å². The fourth-order valence-corrected chi connectivity index (χ4v) is 7.60. The third-order valence-electron chi connectivity index (χ3n) is 9.32. The second-order valence-corrected chi connectivity index (χ2v) is 13.6. The van der Waals surface area contributed by atoms with Crippen molar-refractivity contribution in [3.63, 3.8) is 0 Å². The van der Waals surface area contributed by atoms with Crippen LogP contribution < -0.4 is 4.90 Å². The SMILES string of the molecule is CC1(C)CCC(C)(C)c2cc(-c3csc(N4CCC(CC5CCN(CCO)CC5)CC4)n3)ccc21. The van der Waals surface area contributed by atoms with Crippen molar-refractivity contribution in [2.75, 3.05) is 44.2 Å². The van der Waals surface area contributed by atoms with E-state index in [0.29, 0.717) is 6.61 Å². The van der Waals surface area contributed by atoms with Gasteiger partial charge in [-0.15, -0.1) is 11.3 Å². The third-order valence-corrected chi connectivity index (χ3v) is 10.2. The number of hydrogen-bond acceptors (Lipinski definition) is 5. The molecule has 4 nitrogen and oxygen atoms in total. The van der Waals surface area contributed by atoms with Crippen LogP contribution in [-0.4, -0.2) is 54.3 Å². The van der Waals surface area contributed by atoms with Crippen molar-refractivity contribution in [1.29, 1.82) is 0 Å². The first-order chi connectivity index (χ1) is 16.7. The molecule has 0 bridgehead atoms. The van der Waals surface area contributed by atoms with Crippen LogP contribution in [0.25, 0.3) is 11.3 Å². The lowest BCUT2D eigenvalue weighted by molar-refractivity contribution is 0.134. The lowest BCUT2D eigenvalue weighted by Gasteiger charge is -2.42. The Balaban J connectivity index is 1.19. The predicted octanol–water partition coefficient (Wildman–Crippen LogP) is 6.47. The number of anilines is 1. The number of benzene rings is 1. The van der Waals surface area contributed by atoms with Crippen molar-refractivity contribution in [2.45, 2.75) is 83.5 Å². The van der Waals surface area contributed by atoms with E-state index < -0.39 is 0 Å². The summed E-state index contributed by atoms with van der Waals surface area (Å²) in [4.78, 5) is 10.1. The molecule has 5 heteroatoms. The molecule has 0 unspecified atom stereocenters. The number of aromatic nitrogens is 1. The molecule has 1 aromatic heterocycles. The van der Waals surface area contributed by atoms with E-state index in [1.54, 1.807) is 0 Å². The zero-order chi connectivity index (χ0) is 24.6. The number of β-amino-alcohol motifs (C(OH)–C–C–N with tert-alkyl or cyclic N) is 1. The minimum Gasteiger partial charge on any atom is -0.395 e. The molecule has 0 saturated carbocycles. The van der Waals surface area contributed by atoms with Gasteiger partial charge in [-0.3, -0.25) is 0 Å². The number of aliphatic hydroxyl groups is 1. The molecule has 5 rings (SSSR count). The summed E-state index contributed by atoms with van der Waals surface area (Å²) in [6.45, 7) is 15.4. The molecule has 2 aromatic rings. The van der Waals surface area contributed by atoms with Gasteiger partial charge in [0.1, 0.15) is 0 Å². The number of aliphatic hydroxyl groups excluding tert-OH is 1. The quantitative estimate of drug-likeness (QED) is 0.498. The second-order valence-electron chi connectivity index (χ2n) is 12.7. The Morgan fingerprint density at radius 3 is 2.20 bits per heavy atom. The minimum absolute atomic E-state index is 0.233. The summed E-state index contributed by atoms with van der Waals surface area (Å²) >= 11 is 1.82. The molecule has 3 heterocycles. The molecule has 2 fully saturated rings. The van der Waals surface area contributed by atoms with Gasteiger partial charge in [-0.05, 0) is 97.9 Å². The zero-order valence-corrected chi connectivity index (χ0v) is 23.2. The Labute approximate surface area is 216 Å². The summed E-state index contributed by atoms with van der Waals surface area (Å²) in [5.41, 5.74) is 5.95.